The molecule has 0 aromatic heterocycles. The highest BCUT2D eigenvalue weighted by atomic mass is 32.2. The van der Waals surface area contributed by atoms with Gasteiger partial charge in [-0.05, 0) is 50.6 Å². The third-order valence-corrected chi connectivity index (χ3v) is 6.28. The van der Waals surface area contributed by atoms with E-state index in [0.717, 1.165) is 22.7 Å². The summed E-state index contributed by atoms with van der Waals surface area (Å²) in [5.41, 5.74) is 0.552. The monoisotopic (exact) mass is 481 g/mol. The Morgan fingerprint density at radius 1 is 1.06 bits per heavy atom. The first-order valence-corrected chi connectivity index (χ1v) is 12.4. The van der Waals surface area contributed by atoms with Gasteiger partial charge in [0.05, 0.1) is 11.9 Å². The van der Waals surface area contributed by atoms with Gasteiger partial charge in [-0.1, -0.05) is 18.2 Å². The Hall–Kier alpha value is -3.01. The van der Waals surface area contributed by atoms with Crippen LogP contribution in [0.4, 0.5) is 14.5 Å². The standard InChI is InChI=1S/C23H29F2N3O4S/c1-4-26-23(30)17(2)27(16-18-8-5-6-9-21(18)25)22(29)10-7-15-28(33(3,31)32)20-13-11-19(24)12-14-20/h5-6,8-9,11-14,17H,4,7,10,15-16H2,1-3H3,(H,26,30)/t17-/m1/s1. The highest BCUT2D eigenvalue weighted by Crippen LogP contribution is 2.20. The molecule has 0 aliphatic heterocycles. The van der Waals surface area contributed by atoms with Crippen LogP contribution < -0.4 is 9.62 Å². The lowest BCUT2D eigenvalue weighted by Gasteiger charge is -2.29. The van der Waals surface area contributed by atoms with E-state index in [0.29, 0.717) is 6.54 Å². The Morgan fingerprint density at radius 3 is 2.27 bits per heavy atom. The first kappa shape index (κ1) is 26.2. The number of sulfonamides is 1. The van der Waals surface area contributed by atoms with E-state index in [1.807, 2.05) is 0 Å². The van der Waals surface area contributed by atoms with Crippen molar-refractivity contribution in [2.45, 2.75) is 39.3 Å². The molecular weight excluding hydrogens is 452 g/mol. The van der Waals surface area contributed by atoms with Crippen molar-refractivity contribution >= 4 is 27.5 Å². The van der Waals surface area contributed by atoms with E-state index in [4.69, 9.17) is 0 Å². The molecule has 1 N–H and O–H groups in total. The molecular formula is C23H29F2N3O4S. The van der Waals surface area contributed by atoms with Crippen molar-refractivity contribution < 1.29 is 26.8 Å². The first-order valence-electron chi connectivity index (χ1n) is 10.6. The van der Waals surface area contributed by atoms with Crippen molar-refractivity contribution in [3.63, 3.8) is 0 Å². The number of likely N-dealkylation sites (N-methyl/N-ethyl adjacent to an activating group) is 1. The fourth-order valence-corrected chi connectivity index (χ4v) is 4.29. The molecule has 1 atom stereocenters. The highest BCUT2D eigenvalue weighted by molar-refractivity contribution is 7.92. The van der Waals surface area contributed by atoms with Gasteiger partial charge in [-0.15, -0.1) is 0 Å². The van der Waals surface area contributed by atoms with Crippen molar-refractivity contribution in [3.05, 3.63) is 65.7 Å². The summed E-state index contributed by atoms with van der Waals surface area (Å²) in [7, 11) is -3.67. The van der Waals surface area contributed by atoms with Crippen LogP contribution in [-0.4, -0.2) is 50.5 Å². The van der Waals surface area contributed by atoms with Gasteiger partial charge in [0.2, 0.25) is 21.8 Å². The largest absolute Gasteiger partial charge is 0.355 e. The van der Waals surface area contributed by atoms with Crippen molar-refractivity contribution in [3.8, 4) is 0 Å². The van der Waals surface area contributed by atoms with Gasteiger partial charge in [0.25, 0.3) is 0 Å². The molecule has 0 saturated carbocycles. The predicted molar refractivity (Wildman–Crippen MR) is 123 cm³/mol. The average molecular weight is 482 g/mol. The molecule has 0 radical (unpaired) electrons. The molecule has 0 aliphatic carbocycles. The summed E-state index contributed by atoms with van der Waals surface area (Å²) in [5.74, 6) is -1.76. The normalized spacial score (nSPS) is 12.2. The van der Waals surface area contributed by atoms with E-state index < -0.39 is 33.6 Å². The summed E-state index contributed by atoms with van der Waals surface area (Å²) in [6.45, 7) is 3.58. The minimum atomic E-state index is -3.67. The molecule has 0 bridgehead atoms. The molecule has 2 rings (SSSR count). The summed E-state index contributed by atoms with van der Waals surface area (Å²) >= 11 is 0. The molecule has 2 aromatic carbocycles. The van der Waals surface area contributed by atoms with Crippen LogP contribution in [0.3, 0.4) is 0 Å². The topological polar surface area (TPSA) is 86.8 Å². The van der Waals surface area contributed by atoms with Crippen LogP contribution in [0.15, 0.2) is 48.5 Å². The van der Waals surface area contributed by atoms with Crippen LogP contribution >= 0.6 is 0 Å². The predicted octanol–water partition coefficient (Wildman–Crippen LogP) is 3.06. The van der Waals surface area contributed by atoms with Gasteiger partial charge in [0.15, 0.2) is 0 Å². The van der Waals surface area contributed by atoms with E-state index in [1.165, 1.54) is 29.2 Å². The lowest BCUT2D eigenvalue weighted by Crippen LogP contribution is -2.47. The maximum Gasteiger partial charge on any atom is 0.242 e. The van der Waals surface area contributed by atoms with Gasteiger partial charge in [-0.25, -0.2) is 17.2 Å². The number of carbonyl (C=O) groups excluding carboxylic acids is 2. The molecule has 180 valence electrons. The number of hydrogen-bond acceptors (Lipinski definition) is 4. The lowest BCUT2D eigenvalue weighted by molar-refractivity contribution is -0.140. The van der Waals surface area contributed by atoms with Gasteiger partial charge in [-0.3, -0.25) is 13.9 Å². The zero-order valence-electron chi connectivity index (χ0n) is 18.9. The number of amides is 2. The van der Waals surface area contributed by atoms with Gasteiger partial charge < -0.3 is 10.2 Å². The van der Waals surface area contributed by atoms with E-state index in [1.54, 1.807) is 26.0 Å². The first-order chi connectivity index (χ1) is 15.5. The van der Waals surface area contributed by atoms with Crippen LogP contribution in [0, 0.1) is 11.6 Å². The maximum absolute atomic E-state index is 14.2. The van der Waals surface area contributed by atoms with Crippen LogP contribution in [0.1, 0.15) is 32.3 Å². The Labute approximate surface area is 193 Å². The number of rotatable bonds is 11. The van der Waals surface area contributed by atoms with E-state index >= 15 is 0 Å². The van der Waals surface area contributed by atoms with Crippen LogP contribution in [0.25, 0.3) is 0 Å². The summed E-state index contributed by atoms with van der Waals surface area (Å²) in [6.07, 6.45) is 1.12. The SMILES string of the molecule is CCNC(=O)[C@@H](C)N(Cc1ccccc1F)C(=O)CCCN(c1ccc(F)cc1)S(C)(=O)=O. The third kappa shape index (κ3) is 7.52. The number of carbonyl (C=O) groups is 2. The number of halogens is 2. The second kappa shape index (κ2) is 11.7. The number of nitrogens with one attached hydrogen (secondary N) is 1. The summed E-state index contributed by atoms with van der Waals surface area (Å²) in [5, 5.41) is 2.66. The van der Waals surface area contributed by atoms with E-state index in [-0.39, 0.29) is 43.1 Å². The zero-order valence-corrected chi connectivity index (χ0v) is 19.7. The molecule has 0 fully saturated rings. The highest BCUT2D eigenvalue weighted by Gasteiger charge is 2.27. The molecule has 33 heavy (non-hydrogen) atoms. The Morgan fingerprint density at radius 2 is 1.70 bits per heavy atom. The molecule has 10 heteroatoms. The van der Waals surface area contributed by atoms with Gasteiger partial charge in [0.1, 0.15) is 17.7 Å². The summed E-state index contributed by atoms with van der Waals surface area (Å²) < 4.78 is 52.9. The van der Waals surface area contributed by atoms with Crippen molar-refractivity contribution in [1.82, 2.24) is 10.2 Å². The average Bonchev–Trinajstić information content (AvgIpc) is 2.75. The maximum atomic E-state index is 14.2. The van der Waals surface area contributed by atoms with Gasteiger partial charge in [-0.2, -0.15) is 0 Å². The zero-order chi connectivity index (χ0) is 24.6. The van der Waals surface area contributed by atoms with Gasteiger partial charge in [0, 0.05) is 31.6 Å². The Kier molecular flexibility index (Phi) is 9.33. The second-order valence-electron chi connectivity index (χ2n) is 7.60. The number of hydrogen-bond donors (Lipinski definition) is 1. The van der Waals surface area contributed by atoms with E-state index in [9.17, 15) is 26.8 Å². The molecule has 0 aliphatic rings. The van der Waals surface area contributed by atoms with E-state index in [2.05, 4.69) is 5.32 Å². The molecule has 0 heterocycles. The Balaban J connectivity index is 2.15. The van der Waals surface area contributed by atoms with Crippen molar-refractivity contribution in [2.24, 2.45) is 0 Å². The van der Waals surface area contributed by atoms with Crippen LogP contribution in [0.5, 0.6) is 0 Å². The quantitative estimate of drug-likeness (QED) is 0.535. The minimum absolute atomic E-state index is 0.0146. The summed E-state index contributed by atoms with van der Waals surface area (Å²) in [4.78, 5) is 26.7. The minimum Gasteiger partial charge on any atom is -0.355 e. The van der Waals surface area contributed by atoms with Gasteiger partial charge >= 0.3 is 0 Å². The molecule has 0 unspecified atom stereocenters. The fourth-order valence-electron chi connectivity index (χ4n) is 3.33. The Bertz CT molecular complexity index is 1060. The summed E-state index contributed by atoms with van der Waals surface area (Å²) in [6, 6.07) is 10.2. The number of nitrogens with zero attached hydrogens (tertiary/aromatic N) is 2. The second-order valence-corrected chi connectivity index (χ2v) is 9.51. The smallest absolute Gasteiger partial charge is 0.242 e. The van der Waals surface area contributed by atoms with Crippen LogP contribution in [0.2, 0.25) is 0 Å². The number of benzene rings is 2. The number of anilines is 1. The van der Waals surface area contributed by atoms with Crippen molar-refractivity contribution in [2.75, 3.05) is 23.7 Å². The molecule has 0 saturated heterocycles. The fraction of sp³-hybridized carbons (Fsp3) is 0.391. The van der Waals surface area contributed by atoms with Crippen LogP contribution in [-0.2, 0) is 26.2 Å². The molecule has 7 nitrogen and oxygen atoms in total. The molecule has 2 amide bonds. The molecule has 2 aromatic rings. The lowest BCUT2D eigenvalue weighted by atomic mass is 10.1. The third-order valence-electron chi connectivity index (χ3n) is 5.08. The van der Waals surface area contributed by atoms with Crippen molar-refractivity contribution in [1.29, 1.82) is 0 Å². The molecule has 0 spiro atoms.